The Labute approximate surface area is 164 Å². The lowest BCUT2D eigenvalue weighted by Gasteiger charge is -2.28. The lowest BCUT2D eigenvalue weighted by Crippen LogP contribution is -2.38. The van der Waals surface area contributed by atoms with Gasteiger partial charge in [0, 0.05) is 12.0 Å². The molecule has 1 aliphatic rings. The van der Waals surface area contributed by atoms with E-state index < -0.39 is 0 Å². The van der Waals surface area contributed by atoms with Crippen molar-refractivity contribution in [3.63, 3.8) is 0 Å². The summed E-state index contributed by atoms with van der Waals surface area (Å²) in [4.78, 5) is 29.5. The van der Waals surface area contributed by atoms with Crippen LogP contribution in [0.2, 0.25) is 0 Å². The maximum atomic E-state index is 12.7. The predicted molar refractivity (Wildman–Crippen MR) is 108 cm³/mol. The second-order valence-corrected chi connectivity index (χ2v) is 8.27. The number of hydrogen-bond donors (Lipinski definition) is 1. The number of amides is 1. The largest absolute Gasteiger partial charge is 0.455 e. The molecule has 1 amide bonds. The molecule has 6 heteroatoms. The molecule has 27 heavy (non-hydrogen) atoms. The van der Waals surface area contributed by atoms with Crippen LogP contribution in [0.4, 0.5) is 0 Å². The van der Waals surface area contributed by atoms with Gasteiger partial charge in [-0.2, -0.15) is 0 Å². The molecule has 0 unspecified atom stereocenters. The lowest BCUT2D eigenvalue weighted by molar-refractivity contribution is -0.154. The van der Waals surface area contributed by atoms with E-state index in [4.69, 9.17) is 9.72 Å². The van der Waals surface area contributed by atoms with Gasteiger partial charge < -0.3 is 10.1 Å². The molecule has 1 aromatic heterocycles. The average Bonchev–Trinajstić information content (AvgIpc) is 3.14. The summed E-state index contributed by atoms with van der Waals surface area (Å²) in [7, 11) is 0. The number of rotatable bonds is 7. The predicted octanol–water partition coefficient (Wildman–Crippen LogP) is 4.42. The van der Waals surface area contributed by atoms with Crippen LogP contribution in [-0.2, 0) is 14.3 Å². The number of ether oxygens (including phenoxy) is 1. The normalized spacial score (nSPS) is 20.0. The molecular formula is C21H28N2O3S. The second-order valence-electron chi connectivity index (χ2n) is 7.21. The summed E-state index contributed by atoms with van der Waals surface area (Å²) in [5, 5.41) is 3.92. The van der Waals surface area contributed by atoms with E-state index in [0.29, 0.717) is 0 Å². The van der Waals surface area contributed by atoms with Gasteiger partial charge in [-0.15, -0.1) is 11.3 Å². The molecule has 1 N–H and O–H groups in total. The number of nitrogens with one attached hydrogen (secondary N) is 1. The summed E-state index contributed by atoms with van der Waals surface area (Å²) in [6.45, 7) is 3.87. The Hall–Kier alpha value is -1.95. The number of hydrogen-bond acceptors (Lipinski definition) is 5. The SMILES string of the molecule is CCC(CC)NC(=O)COC(=O)[C@H]1CCCC[C@@H]1c1nc2ccccc2s1. The maximum Gasteiger partial charge on any atom is 0.310 e. The van der Waals surface area contributed by atoms with Gasteiger partial charge in [-0.3, -0.25) is 9.59 Å². The highest BCUT2D eigenvalue weighted by atomic mass is 32.1. The van der Waals surface area contributed by atoms with Crippen molar-refractivity contribution in [1.82, 2.24) is 10.3 Å². The molecule has 1 saturated carbocycles. The van der Waals surface area contributed by atoms with Gasteiger partial charge in [0.15, 0.2) is 6.61 Å². The number of benzene rings is 1. The third-order valence-corrected chi connectivity index (χ3v) is 6.56. The first-order valence-electron chi connectivity index (χ1n) is 9.93. The molecule has 0 radical (unpaired) electrons. The minimum Gasteiger partial charge on any atom is -0.455 e. The van der Waals surface area contributed by atoms with Gasteiger partial charge in [0.2, 0.25) is 0 Å². The van der Waals surface area contributed by atoms with Gasteiger partial charge in [0.05, 0.1) is 21.1 Å². The van der Waals surface area contributed by atoms with Crippen LogP contribution in [0.1, 0.15) is 63.3 Å². The molecule has 3 rings (SSSR count). The fourth-order valence-electron chi connectivity index (χ4n) is 3.76. The van der Waals surface area contributed by atoms with Crippen molar-refractivity contribution < 1.29 is 14.3 Å². The fourth-order valence-corrected chi connectivity index (χ4v) is 4.93. The highest BCUT2D eigenvalue weighted by Gasteiger charge is 2.35. The van der Waals surface area contributed by atoms with Crippen molar-refractivity contribution >= 4 is 33.4 Å². The quantitative estimate of drug-likeness (QED) is 0.713. The van der Waals surface area contributed by atoms with Gasteiger partial charge in [-0.25, -0.2) is 4.98 Å². The zero-order valence-electron chi connectivity index (χ0n) is 16.1. The van der Waals surface area contributed by atoms with Gasteiger partial charge in [-0.1, -0.05) is 38.8 Å². The molecular weight excluding hydrogens is 360 g/mol. The first kappa shape index (κ1) is 19.8. The number of aromatic nitrogens is 1. The summed E-state index contributed by atoms with van der Waals surface area (Å²) in [5.41, 5.74) is 0.986. The third kappa shape index (κ3) is 4.86. The molecule has 1 heterocycles. The van der Waals surface area contributed by atoms with Crippen molar-refractivity contribution in [2.45, 2.75) is 64.3 Å². The number of para-hydroxylation sites is 1. The first-order chi connectivity index (χ1) is 13.1. The number of fused-ring (bicyclic) bond motifs is 1. The van der Waals surface area contributed by atoms with E-state index in [1.54, 1.807) is 11.3 Å². The molecule has 0 spiro atoms. The Kier molecular flexibility index (Phi) is 6.83. The summed E-state index contributed by atoms with van der Waals surface area (Å²) in [6, 6.07) is 8.20. The molecule has 1 aliphatic carbocycles. The van der Waals surface area contributed by atoms with E-state index in [0.717, 1.165) is 53.7 Å². The molecule has 1 fully saturated rings. The highest BCUT2D eigenvalue weighted by Crippen LogP contribution is 2.41. The second kappa shape index (κ2) is 9.31. The maximum absolute atomic E-state index is 12.7. The van der Waals surface area contributed by atoms with Crippen LogP contribution in [0, 0.1) is 5.92 Å². The molecule has 0 bridgehead atoms. The topological polar surface area (TPSA) is 68.3 Å². The van der Waals surface area contributed by atoms with Crippen molar-refractivity contribution in [3.8, 4) is 0 Å². The van der Waals surface area contributed by atoms with Crippen LogP contribution in [0.5, 0.6) is 0 Å². The average molecular weight is 389 g/mol. The standard InChI is InChI=1S/C21H28N2O3S/c1-3-14(4-2)22-19(24)13-26-21(25)16-10-6-5-9-15(16)20-23-17-11-7-8-12-18(17)27-20/h7-8,11-12,14-16H,3-6,9-10,13H2,1-2H3,(H,22,24)/t15-,16-/m0/s1. The Morgan fingerprint density at radius 3 is 2.70 bits per heavy atom. The van der Waals surface area contributed by atoms with E-state index in [2.05, 4.69) is 11.4 Å². The monoisotopic (exact) mass is 388 g/mol. The minimum absolute atomic E-state index is 0.0887. The minimum atomic E-state index is -0.265. The summed E-state index contributed by atoms with van der Waals surface area (Å²) >= 11 is 1.67. The van der Waals surface area contributed by atoms with Crippen LogP contribution < -0.4 is 5.32 Å². The van der Waals surface area contributed by atoms with Crippen molar-refractivity contribution in [2.75, 3.05) is 6.61 Å². The van der Waals surface area contributed by atoms with E-state index >= 15 is 0 Å². The van der Waals surface area contributed by atoms with Crippen LogP contribution in [0.15, 0.2) is 24.3 Å². The van der Waals surface area contributed by atoms with Gasteiger partial charge in [0.25, 0.3) is 5.91 Å². The summed E-state index contributed by atoms with van der Waals surface area (Å²) < 4.78 is 6.53. The molecule has 1 aromatic carbocycles. The number of nitrogens with zero attached hydrogens (tertiary/aromatic N) is 1. The van der Waals surface area contributed by atoms with Gasteiger partial charge >= 0.3 is 5.97 Å². The fraction of sp³-hybridized carbons (Fsp3) is 0.571. The molecule has 0 saturated heterocycles. The number of esters is 1. The van der Waals surface area contributed by atoms with Crippen molar-refractivity contribution in [2.24, 2.45) is 5.92 Å². The van der Waals surface area contributed by atoms with Crippen molar-refractivity contribution in [1.29, 1.82) is 0 Å². The number of carbonyl (C=O) groups excluding carboxylic acids is 2. The third-order valence-electron chi connectivity index (χ3n) is 5.39. The Bertz CT molecular complexity index is 752. The zero-order chi connectivity index (χ0) is 19.2. The molecule has 146 valence electrons. The van der Waals surface area contributed by atoms with Gasteiger partial charge in [-0.05, 0) is 37.8 Å². The molecule has 0 aliphatic heterocycles. The van der Waals surface area contributed by atoms with E-state index in [-0.39, 0.29) is 36.4 Å². The zero-order valence-corrected chi connectivity index (χ0v) is 16.9. The number of thiazole rings is 1. The Morgan fingerprint density at radius 1 is 1.22 bits per heavy atom. The van der Waals surface area contributed by atoms with Crippen LogP contribution in [-0.4, -0.2) is 29.5 Å². The number of carbonyl (C=O) groups is 2. The Balaban J connectivity index is 1.64. The summed E-state index contributed by atoms with van der Waals surface area (Å²) in [6.07, 6.45) is 5.60. The van der Waals surface area contributed by atoms with Crippen LogP contribution in [0.3, 0.4) is 0 Å². The van der Waals surface area contributed by atoms with E-state index in [1.165, 1.54) is 0 Å². The van der Waals surface area contributed by atoms with Crippen LogP contribution >= 0.6 is 11.3 Å². The van der Waals surface area contributed by atoms with Crippen LogP contribution in [0.25, 0.3) is 10.2 Å². The van der Waals surface area contributed by atoms with Gasteiger partial charge in [0.1, 0.15) is 0 Å². The Morgan fingerprint density at radius 2 is 1.96 bits per heavy atom. The highest BCUT2D eigenvalue weighted by molar-refractivity contribution is 7.18. The molecule has 2 atom stereocenters. The van der Waals surface area contributed by atoms with Crippen molar-refractivity contribution in [3.05, 3.63) is 29.3 Å². The smallest absolute Gasteiger partial charge is 0.310 e. The molecule has 2 aromatic rings. The first-order valence-corrected chi connectivity index (χ1v) is 10.8. The summed E-state index contributed by atoms with van der Waals surface area (Å²) in [5.74, 6) is -0.603. The van der Waals surface area contributed by atoms with E-state index in [1.807, 2.05) is 32.0 Å². The van der Waals surface area contributed by atoms with E-state index in [9.17, 15) is 9.59 Å². The lowest BCUT2D eigenvalue weighted by atomic mass is 9.79. The molecule has 5 nitrogen and oxygen atoms in total.